The van der Waals surface area contributed by atoms with Crippen molar-refractivity contribution in [1.82, 2.24) is 0 Å². The molecule has 0 aliphatic heterocycles. The zero-order valence-corrected chi connectivity index (χ0v) is 8.11. The highest BCUT2D eigenvalue weighted by Gasteiger charge is 2.56. The van der Waals surface area contributed by atoms with Gasteiger partial charge in [-0.05, 0) is 50.0 Å². The molecular weight excluding hydrogens is 191 g/mol. The first-order valence-electron chi connectivity index (χ1n) is 5.25. The second-order valence-corrected chi connectivity index (χ2v) is 4.82. The second-order valence-electron chi connectivity index (χ2n) is 4.82. The van der Waals surface area contributed by atoms with Crippen molar-refractivity contribution in [3.63, 3.8) is 0 Å². The number of hydrogen-bond donors (Lipinski definition) is 1. The molecule has 2 aliphatic rings. The molecule has 0 bridgehead atoms. The highest BCUT2D eigenvalue weighted by atomic mass is 19.4. The summed E-state index contributed by atoms with van der Waals surface area (Å²) in [6.45, 7) is 0.649. The second kappa shape index (κ2) is 3.12. The molecule has 0 aromatic heterocycles. The van der Waals surface area contributed by atoms with Crippen LogP contribution in [0.2, 0.25) is 0 Å². The van der Waals surface area contributed by atoms with E-state index in [1.165, 1.54) is 0 Å². The summed E-state index contributed by atoms with van der Waals surface area (Å²) in [7, 11) is 0. The van der Waals surface area contributed by atoms with E-state index in [1.807, 2.05) is 0 Å². The van der Waals surface area contributed by atoms with Crippen LogP contribution in [0.4, 0.5) is 13.2 Å². The first kappa shape index (κ1) is 10.3. The molecule has 1 nitrogen and oxygen atoms in total. The van der Waals surface area contributed by atoms with Gasteiger partial charge in [0.25, 0.3) is 0 Å². The van der Waals surface area contributed by atoms with Crippen LogP contribution in [0.1, 0.15) is 32.1 Å². The fourth-order valence-electron chi connectivity index (χ4n) is 2.90. The lowest BCUT2D eigenvalue weighted by molar-refractivity contribution is -0.185. The van der Waals surface area contributed by atoms with Gasteiger partial charge in [-0.25, -0.2) is 0 Å². The first-order chi connectivity index (χ1) is 6.48. The minimum absolute atomic E-state index is 0.219. The van der Waals surface area contributed by atoms with E-state index in [1.54, 1.807) is 0 Å². The van der Waals surface area contributed by atoms with Crippen molar-refractivity contribution in [1.29, 1.82) is 0 Å². The smallest absolute Gasteiger partial charge is 0.330 e. The third-order valence-electron chi connectivity index (χ3n) is 4.09. The summed E-state index contributed by atoms with van der Waals surface area (Å²) in [6, 6.07) is 0. The Morgan fingerprint density at radius 1 is 1.21 bits per heavy atom. The van der Waals surface area contributed by atoms with Crippen LogP contribution in [0.25, 0.3) is 0 Å². The Balaban J connectivity index is 1.88. The number of alkyl halides is 3. The van der Waals surface area contributed by atoms with Crippen molar-refractivity contribution in [3.05, 3.63) is 0 Å². The predicted molar refractivity (Wildman–Crippen MR) is 47.6 cm³/mol. The van der Waals surface area contributed by atoms with Crippen LogP contribution in [0.3, 0.4) is 0 Å². The lowest BCUT2D eigenvalue weighted by atomic mass is 9.78. The Labute approximate surface area is 81.8 Å². The molecule has 1 atom stereocenters. The number of nitrogens with two attached hydrogens (primary N) is 1. The van der Waals surface area contributed by atoms with Crippen LogP contribution in [0.15, 0.2) is 0 Å². The van der Waals surface area contributed by atoms with E-state index >= 15 is 0 Å². The maximum absolute atomic E-state index is 12.4. The molecule has 0 saturated heterocycles. The van der Waals surface area contributed by atoms with Crippen LogP contribution in [0, 0.1) is 17.3 Å². The molecule has 0 heterocycles. The zero-order chi connectivity index (χ0) is 10.4. The summed E-state index contributed by atoms with van der Waals surface area (Å²) in [5.74, 6) is -0.538. The number of hydrogen-bond acceptors (Lipinski definition) is 1. The van der Waals surface area contributed by atoms with Crippen LogP contribution in [-0.4, -0.2) is 12.7 Å². The molecule has 2 N–H and O–H groups in total. The summed E-state index contributed by atoms with van der Waals surface area (Å²) >= 11 is 0. The maximum Gasteiger partial charge on any atom is 0.391 e. The summed E-state index contributed by atoms with van der Waals surface area (Å²) < 4.78 is 37.1. The van der Waals surface area contributed by atoms with Gasteiger partial charge in [-0.2, -0.15) is 13.2 Å². The molecule has 0 radical (unpaired) electrons. The van der Waals surface area contributed by atoms with Crippen molar-refractivity contribution in [2.24, 2.45) is 23.0 Å². The molecule has 1 spiro atoms. The van der Waals surface area contributed by atoms with E-state index in [9.17, 15) is 13.2 Å². The van der Waals surface area contributed by atoms with Gasteiger partial charge in [0.2, 0.25) is 0 Å². The third-order valence-corrected chi connectivity index (χ3v) is 4.09. The van der Waals surface area contributed by atoms with Gasteiger partial charge in [0.1, 0.15) is 0 Å². The van der Waals surface area contributed by atoms with Crippen molar-refractivity contribution in [3.8, 4) is 0 Å². The highest BCUT2D eigenvalue weighted by molar-refractivity contribution is 5.05. The molecule has 2 saturated carbocycles. The van der Waals surface area contributed by atoms with E-state index in [2.05, 4.69) is 0 Å². The number of rotatable bonds is 1. The lowest BCUT2D eigenvalue weighted by Crippen LogP contribution is -2.29. The van der Waals surface area contributed by atoms with E-state index in [-0.39, 0.29) is 5.41 Å². The SMILES string of the molecule is NCC1CC12CCC(C(F)(F)F)CC2. The summed E-state index contributed by atoms with van der Waals surface area (Å²) in [5, 5.41) is 0. The van der Waals surface area contributed by atoms with Crippen LogP contribution in [-0.2, 0) is 0 Å². The standard InChI is InChI=1S/C10H16F3N/c11-10(12,13)7-1-3-9(4-2-7)5-8(9)6-14/h7-8H,1-6,14H2. The minimum Gasteiger partial charge on any atom is -0.330 e. The highest BCUT2D eigenvalue weighted by Crippen LogP contribution is 2.62. The van der Waals surface area contributed by atoms with Gasteiger partial charge in [-0.15, -0.1) is 0 Å². The number of halogens is 3. The third kappa shape index (κ3) is 1.64. The Hall–Kier alpha value is -0.250. The van der Waals surface area contributed by atoms with Gasteiger partial charge in [0, 0.05) is 0 Å². The maximum atomic E-state index is 12.4. The van der Waals surface area contributed by atoms with E-state index in [0.717, 1.165) is 19.3 Å². The normalized spacial score (nSPS) is 42.9. The summed E-state index contributed by atoms with van der Waals surface area (Å²) in [6.07, 6.45) is -0.805. The van der Waals surface area contributed by atoms with E-state index < -0.39 is 12.1 Å². The van der Waals surface area contributed by atoms with Gasteiger partial charge in [-0.3, -0.25) is 0 Å². The van der Waals surface area contributed by atoms with Crippen molar-refractivity contribution >= 4 is 0 Å². The average Bonchev–Trinajstić information content (AvgIpc) is 2.78. The Morgan fingerprint density at radius 3 is 2.14 bits per heavy atom. The first-order valence-corrected chi connectivity index (χ1v) is 5.25. The molecule has 2 aliphatic carbocycles. The van der Waals surface area contributed by atoms with Gasteiger partial charge < -0.3 is 5.73 Å². The van der Waals surface area contributed by atoms with Crippen molar-refractivity contribution in [2.45, 2.75) is 38.3 Å². The molecule has 0 amide bonds. The van der Waals surface area contributed by atoms with Gasteiger partial charge >= 0.3 is 6.18 Å². The fourth-order valence-corrected chi connectivity index (χ4v) is 2.90. The van der Waals surface area contributed by atoms with Crippen LogP contribution < -0.4 is 5.73 Å². The van der Waals surface area contributed by atoms with Gasteiger partial charge in [0.15, 0.2) is 0 Å². The van der Waals surface area contributed by atoms with E-state index in [4.69, 9.17) is 5.73 Å². The molecule has 0 aromatic carbocycles. The summed E-state index contributed by atoms with van der Waals surface area (Å²) in [5.41, 5.74) is 5.76. The molecule has 0 aromatic rings. The molecule has 2 fully saturated rings. The van der Waals surface area contributed by atoms with Crippen molar-refractivity contribution in [2.75, 3.05) is 6.54 Å². The Kier molecular flexibility index (Phi) is 2.29. The van der Waals surface area contributed by atoms with Gasteiger partial charge in [0.05, 0.1) is 5.92 Å². The summed E-state index contributed by atoms with van der Waals surface area (Å²) in [4.78, 5) is 0. The lowest BCUT2D eigenvalue weighted by Gasteiger charge is -2.30. The minimum atomic E-state index is -3.98. The van der Waals surface area contributed by atoms with Crippen LogP contribution in [0.5, 0.6) is 0 Å². The Bertz CT molecular complexity index is 216. The molecule has 82 valence electrons. The van der Waals surface area contributed by atoms with Gasteiger partial charge in [-0.1, -0.05) is 0 Å². The topological polar surface area (TPSA) is 26.0 Å². The molecule has 4 heteroatoms. The van der Waals surface area contributed by atoms with Crippen LogP contribution >= 0.6 is 0 Å². The average molecular weight is 207 g/mol. The molecular formula is C10H16F3N. The quantitative estimate of drug-likeness (QED) is 0.703. The fraction of sp³-hybridized carbons (Fsp3) is 1.00. The van der Waals surface area contributed by atoms with E-state index in [0.29, 0.717) is 25.3 Å². The zero-order valence-electron chi connectivity index (χ0n) is 8.11. The molecule has 2 rings (SSSR count). The predicted octanol–water partition coefficient (Wildman–Crippen LogP) is 2.70. The monoisotopic (exact) mass is 207 g/mol. The largest absolute Gasteiger partial charge is 0.391 e. The Morgan fingerprint density at radius 2 is 1.79 bits per heavy atom. The van der Waals surface area contributed by atoms with Crippen molar-refractivity contribution < 1.29 is 13.2 Å². The molecule has 14 heavy (non-hydrogen) atoms. The molecule has 1 unspecified atom stereocenters.